The number of halogens is 1. The zero-order valence-corrected chi connectivity index (χ0v) is 14.9. The van der Waals surface area contributed by atoms with E-state index in [0.717, 1.165) is 31.2 Å². The molecule has 6 heteroatoms. The van der Waals surface area contributed by atoms with E-state index in [1.165, 1.54) is 4.47 Å². The third-order valence-electron chi connectivity index (χ3n) is 3.70. The Morgan fingerprint density at radius 1 is 1.33 bits per heavy atom. The third kappa shape index (κ3) is 3.86. The van der Waals surface area contributed by atoms with Crippen molar-refractivity contribution in [2.75, 3.05) is 5.33 Å². The van der Waals surface area contributed by atoms with Gasteiger partial charge in [-0.1, -0.05) is 57.9 Å². The van der Waals surface area contributed by atoms with Crippen LogP contribution < -0.4 is 0 Å². The first kappa shape index (κ1) is 16.9. The Labute approximate surface area is 135 Å². The molecule has 0 amide bonds. The van der Waals surface area contributed by atoms with Crippen molar-refractivity contribution in [3.05, 3.63) is 29.8 Å². The lowest BCUT2D eigenvalue weighted by atomic mass is 10.1. The highest BCUT2D eigenvalue weighted by molar-refractivity contribution is 9.09. The third-order valence-corrected chi connectivity index (χ3v) is 6.17. The van der Waals surface area contributed by atoms with Crippen LogP contribution in [0.1, 0.15) is 38.2 Å². The molecule has 1 aromatic carbocycles. The van der Waals surface area contributed by atoms with Crippen LogP contribution in [0.4, 0.5) is 0 Å². The van der Waals surface area contributed by atoms with Crippen molar-refractivity contribution in [1.82, 2.24) is 4.47 Å². The fraction of sp³-hybridized carbons (Fsp3) is 0.600. The van der Waals surface area contributed by atoms with Gasteiger partial charge in [-0.3, -0.25) is 4.84 Å². The molecular formula is C15H22BrNO3S. The van der Waals surface area contributed by atoms with E-state index in [1.807, 2.05) is 6.92 Å². The second-order valence-electron chi connectivity index (χ2n) is 5.49. The zero-order valence-electron chi connectivity index (χ0n) is 12.5. The van der Waals surface area contributed by atoms with Gasteiger partial charge in [0.25, 0.3) is 10.0 Å². The largest absolute Gasteiger partial charge is 0.280 e. The summed E-state index contributed by atoms with van der Waals surface area (Å²) in [6.45, 7) is 4.06. The summed E-state index contributed by atoms with van der Waals surface area (Å²) >= 11 is 3.40. The molecule has 118 valence electrons. The Kier molecular flexibility index (Phi) is 5.82. The maximum atomic E-state index is 12.7. The number of hydrogen-bond acceptors (Lipinski definition) is 3. The van der Waals surface area contributed by atoms with Gasteiger partial charge in [-0.15, -0.1) is 0 Å². The van der Waals surface area contributed by atoms with Crippen molar-refractivity contribution in [3.63, 3.8) is 0 Å². The minimum absolute atomic E-state index is 0.00674. The van der Waals surface area contributed by atoms with Crippen LogP contribution in [0.25, 0.3) is 0 Å². The average Bonchev–Trinajstić information content (AvgIpc) is 2.89. The Morgan fingerprint density at radius 3 is 2.57 bits per heavy atom. The molecule has 1 heterocycles. The fourth-order valence-corrected chi connectivity index (χ4v) is 4.65. The van der Waals surface area contributed by atoms with Crippen LogP contribution in [-0.2, 0) is 14.9 Å². The molecule has 0 bridgehead atoms. The van der Waals surface area contributed by atoms with Crippen LogP contribution in [0.5, 0.6) is 0 Å². The standard InChI is InChI=1S/C15H22BrNO3S/c1-3-4-5-14-10-13(11-16)17(20-14)21(18,19)15-8-6-12(2)7-9-15/h6-9,13-14H,3-5,10-11H2,1-2H3/t13-,14-/m0/s1. The topological polar surface area (TPSA) is 46.6 Å². The van der Waals surface area contributed by atoms with Crippen molar-refractivity contribution >= 4 is 26.0 Å². The van der Waals surface area contributed by atoms with Crippen LogP contribution in [0.15, 0.2) is 29.2 Å². The number of unbranched alkanes of at least 4 members (excludes halogenated alkanes) is 1. The maximum Gasteiger partial charge on any atom is 0.265 e. The first-order chi connectivity index (χ1) is 9.98. The molecule has 1 fully saturated rings. The van der Waals surface area contributed by atoms with Gasteiger partial charge in [0.2, 0.25) is 0 Å². The van der Waals surface area contributed by atoms with Gasteiger partial charge in [0.05, 0.1) is 17.0 Å². The van der Waals surface area contributed by atoms with Gasteiger partial charge in [0.15, 0.2) is 0 Å². The van der Waals surface area contributed by atoms with E-state index in [1.54, 1.807) is 24.3 Å². The van der Waals surface area contributed by atoms with Crippen molar-refractivity contribution in [1.29, 1.82) is 0 Å². The number of alkyl halides is 1. The van der Waals surface area contributed by atoms with Gasteiger partial charge >= 0.3 is 0 Å². The van der Waals surface area contributed by atoms with Gasteiger partial charge in [-0.05, 0) is 31.9 Å². The lowest BCUT2D eigenvalue weighted by Gasteiger charge is -2.21. The molecule has 0 saturated carbocycles. The van der Waals surface area contributed by atoms with Gasteiger partial charge in [-0.2, -0.15) is 0 Å². The molecule has 1 saturated heterocycles. The number of benzene rings is 1. The lowest BCUT2D eigenvalue weighted by Crippen LogP contribution is -2.35. The molecule has 0 aliphatic carbocycles. The van der Waals surface area contributed by atoms with Crippen LogP contribution in [-0.4, -0.2) is 30.4 Å². The van der Waals surface area contributed by atoms with E-state index in [0.29, 0.717) is 5.33 Å². The monoisotopic (exact) mass is 375 g/mol. The highest BCUT2D eigenvalue weighted by atomic mass is 79.9. The minimum atomic E-state index is -3.59. The molecule has 0 radical (unpaired) electrons. The molecule has 1 aliphatic rings. The Balaban J connectivity index is 2.20. The van der Waals surface area contributed by atoms with Gasteiger partial charge in [-0.25, -0.2) is 8.42 Å². The van der Waals surface area contributed by atoms with E-state index in [9.17, 15) is 8.42 Å². The number of hydroxylamine groups is 1. The normalized spacial score (nSPS) is 23.6. The second-order valence-corrected chi connectivity index (χ2v) is 7.92. The molecule has 0 aromatic heterocycles. The summed E-state index contributed by atoms with van der Waals surface area (Å²) in [5.41, 5.74) is 1.04. The lowest BCUT2D eigenvalue weighted by molar-refractivity contribution is -0.0891. The molecule has 21 heavy (non-hydrogen) atoms. The minimum Gasteiger partial charge on any atom is -0.280 e. The van der Waals surface area contributed by atoms with Crippen molar-refractivity contribution < 1.29 is 13.3 Å². The molecule has 1 aliphatic heterocycles. The van der Waals surface area contributed by atoms with Crippen molar-refractivity contribution in [3.8, 4) is 0 Å². The SMILES string of the molecule is CCCC[C@H]1C[C@@H](CBr)N(S(=O)(=O)c2ccc(C)cc2)O1. The van der Waals surface area contributed by atoms with Crippen LogP contribution in [0, 0.1) is 6.92 Å². The first-order valence-electron chi connectivity index (χ1n) is 7.33. The quantitative estimate of drug-likeness (QED) is 0.712. The van der Waals surface area contributed by atoms with Crippen LogP contribution >= 0.6 is 15.9 Å². The Hall–Kier alpha value is -0.430. The summed E-state index contributed by atoms with van der Waals surface area (Å²) in [4.78, 5) is 6.02. The first-order valence-corrected chi connectivity index (χ1v) is 9.89. The molecule has 0 unspecified atom stereocenters. The average molecular weight is 376 g/mol. The molecule has 1 aromatic rings. The van der Waals surface area contributed by atoms with Crippen LogP contribution in [0.3, 0.4) is 0 Å². The molecule has 2 atom stereocenters. The summed E-state index contributed by atoms with van der Waals surface area (Å²) in [7, 11) is -3.59. The summed E-state index contributed by atoms with van der Waals surface area (Å²) < 4.78 is 26.6. The van der Waals surface area contributed by atoms with E-state index >= 15 is 0 Å². The molecular weight excluding hydrogens is 354 g/mol. The van der Waals surface area contributed by atoms with E-state index < -0.39 is 10.0 Å². The molecule has 4 nitrogen and oxygen atoms in total. The van der Waals surface area contributed by atoms with E-state index in [4.69, 9.17) is 4.84 Å². The highest BCUT2D eigenvalue weighted by Gasteiger charge is 2.40. The van der Waals surface area contributed by atoms with Gasteiger partial charge in [0.1, 0.15) is 0 Å². The Bertz CT molecular complexity index is 559. The highest BCUT2D eigenvalue weighted by Crippen LogP contribution is 2.31. The predicted octanol–water partition coefficient (Wildman–Crippen LogP) is 3.64. The number of aryl methyl sites for hydroxylation is 1. The molecule has 0 N–H and O–H groups in total. The Morgan fingerprint density at radius 2 is 2.00 bits per heavy atom. The molecule has 0 spiro atoms. The second kappa shape index (κ2) is 7.22. The summed E-state index contributed by atoms with van der Waals surface area (Å²) in [5, 5.41) is 0.584. The summed E-state index contributed by atoms with van der Waals surface area (Å²) in [6.07, 6.45) is 3.78. The number of hydrogen-bond donors (Lipinski definition) is 0. The van der Waals surface area contributed by atoms with Gasteiger partial charge < -0.3 is 0 Å². The van der Waals surface area contributed by atoms with Crippen LogP contribution in [0.2, 0.25) is 0 Å². The number of nitrogens with zero attached hydrogens (tertiary/aromatic N) is 1. The van der Waals surface area contributed by atoms with Crippen molar-refractivity contribution in [2.24, 2.45) is 0 Å². The fourth-order valence-electron chi connectivity index (χ4n) is 2.45. The number of sulfonamides is 1. The number of rotatable bonds is 6. The smallest absolute Gasteiger partial charge is 0.265 e. The van der Waals surface area contributed by atoms with Crippen molar-refractivity contribution in [2.45, 2.75) is 56.6 Å². The molecule has 2 rings (SSSR count). The zero-order chi connectivity index (χ0) is 15.5. The summed E-state index contributed by atoms with van der Waals surface area (Å²) in [6, 6.07) is 6.75. The summed E-state index contributed by atoms with van der Waals surface area (Å²) in [5.74, 6) is 0. The maximum absolute atomic E-state index is 12.7. The predicted molar refractivity (Wildman–Crippen MR) is 86.8 cm³/mol. The van der Waals surface area contributed by atoms with Gasteiger partial charge in [0, 0.05) is 5.33 Å². The van der Waals surface area contributed by atoms with E-state index in [-0.39, 0.29) is 17.0 Å². The van der Waals surface area contributed by atoms with E-state index in [2.05, 4.69) is 22.9 Å².